The number of benzene rings is 1. The van der Waals surface area contributed by atoms with Crippen LogP contribution in [0, 0.1) is 6.92 Å². The van der Waals surface area contributed by atoms with Crippen molar-refractivity contribution >= 4 is 28.0 Å². The monoisotopic (exact) mass is 410 g/mol. The molecular weight excluding hydrogens is 392 g/mol. The fourth-order valence-corrected chi connectivity index (χ4v) is 3.82. The lowest BCUT2D eigenvalue weighted by Gasteiger charge is -2.20. The molecule has 0 spiro atoms. The van der Waals surface area contributed by atoms with Crippen LogP contribution in [0.1, 0.15) is 15.9 Å². The third-order valence-electron chi connectivity index (χ3n) is 3.68. The van der Waals surface area contributed by atoms with Gasteiger partial charge in [0, 0.05) is 0 Å². The minimum Gasteiger partial charge on any atom is -0.481 e. The van der Waals surface area contributed by atoms with Crippen molar-refractivity contribution in [3.05, 3.63) is 35.4 Å². The maximum Gasteiger partial charge on any atom is 0.338 e. The third kappa shape index (κ3) is 3.81. The van der Waals surface area contributed by atoms with Gasteiger partial charge in [-0.05, 0) is 24.6 Å². The molecule has 2 aromatic rings. The van der Waals surface area contributed by atoms with Gasteiger partial charge in [-0.2, -0.15) is 9.97 Å². The Hall–Kier alpha value is -3.41. The van der Waals surface area contributed by atoms with Crippen molar-refractivity contribution in [3.8, 4) is 11.8 Å². The molecule has 0 unspecified atom stereocenters. The van der Waals surface area contributed by atoms with Crippen LogP contribution in [-0.4, -0.2) is 51.7 Å². The van der Waals surface area contributed by atoms with Gasteiger partial charge in [0.15, 0.2) is 0 Å². The molecule has 0 aliphatic heterocycles. The summed E-state index contributed by atoms with van der Waals surface area (Å²) in [6.07, 6.45) is 0. The number of urea groups is 1. The number of hydrogen-bond donors (Lipinski definition) is 1. The lowest BCUT2D eigenvalue weighted by molar-refractivity contribution is 0.0599. The fraction of sp³-hybridized carbons (Fsp3) is 0.250. The predicted molar refractivity (Wildman–Crippen MR) is 96.9 cm³/mol. The lowest BCUT2D eigenvalue weighted by atomic mass is 10.1. The van der Waals surface area contributed by atoms with E-state index < -0.39 is 28.0 Å². The van der Waals surface area contributed by atoms with E-state index >= 15 is 0 Å². The van der Waals surface area contributed by atoms with Crippen molar-refractivity contribution in [3.63, 3.8) is 0 Å². The molecule has 0 saturated carbocycles. The molecule has 0 atom stereocenters. The summed E-state index contributed by atoms with van der Waals surface area (Å²) in [5, 5.41) is 0. The van der Waals surface area contributed by atoms with E-state index in [4.69, 9.17) is 15.2 Å². The van der Waals surface area contributed by atoms with Crippen molar-refractivity contribution in [2.24, 2.45) is 5.73 Å². The van der Waals surface area contributed by atoms with Gasteiger partial charge < -0.3 is 19.9 Å². The number of nitrogens with two attached hydrogens (primary N) is 1. The molecule has 2 N–H and O–H groups in total. The largest absolute Gasteiger partial charge is 0.481 e. The number of rotatable bonds is 6. The predicted octanol–water partition coefficient (Wildman–Crippen LogP) is 0.863. The fourth-order valence-electron chi connectivity index (χ4n) is 2.34. The van der Waals surface area contributed by atoms with E-state index in [9.17, 15) is 18.0 Å². The number of methoxy groups -OCH3 is 3. The second-order valence-electron chi connectivity index (χ2n) is 5.28. The van der Waals surface area contributed by atoms with Crippen LogP contribution in [0.2, 0.25) is 0 Å². The van der Waals surface area contributed by atoms with Gasteiger partial charge >= 0.3 is 12.0 Å². The van der Waals surface area contributed by atoms with E-state index in [1.165, 1.54) is 45.4 Å². The molecule has 1 aromatic heterocycles. The van der Waals surface area contributed by atoms with Crippen molar-refractivity contribution in [1.29, 1.82) is 0 Å². The third-order valence-corrected chi connectivity index (χ3v) is 5.50. The van der Waals surface area contributed by atoms with E-state index in [0.717, 1.165) is 7.11 Å². The summed E-state index contributed by atoms with van der Waals surface area (Å²) in [5.74, 6) is -1.42. The van der Waals surface area contributed by atoms with Gasteiger partial charge in [-0.15, -0.1) is 4.31 Å². The van der Waals surface area contributed by atoms with Gasteiger partial charge in [-0.25, -0.2) is 18.0 Å². The molecule has 0 aliphatic carbocycles. The number of anilines is 1. The Morgan fingerprint density at radius 1 is 1.07 bits per heavy atom. The Morgan fingerprint density at radius 2 is 1.64 bits per heavy atom. The highest BCUT2D eigenvalue weighted by molar-refractivity contribution is 7.93. The number of aromatic nitrogens is 2. The zero-order valence-electron chi connectivity index (χ0n) is 15.5. The second kappa shape index (κ2) is 8.08. The standard InChI is InChI=1S/C16H18N4O7S/c1-9-10(14(21)27-4)6-5-7-11(9)28(23,24)20(15(17)22)16-18-12(25-2)8-13(19-16)26-3/h5-8H,1-4H3,(H2,17,22). The summed E-state index contributed by atoms with van der Waals surface area (Å²) < 4.78 is 41.1. The number of esters is 1. The first-order valence-electron chi connectivity index (χ1n) is 7.67. The smallest absolute Gasteiger partial charge is 0.338 e. The molecule has 2 amide bonds. The molecule has 2 rings (SSSR count). The maximum atomic E-state index is 13.2. The highest BCUT2D eigenvalue weighted by atomic mass is 32.2. The maximum absolute atomic E-state index is 13.2. The van der Waals surface area contributed by atoms with Crippen LogP contribution in [0.5, 0.6) is 11.8 Å². The van der Waals surface area contributed by atoms with Crippen molar-refractivity contribution in [2.45, 2.75) is 11.8 Å². The summed E-state index contributed by atoms with van der Waals surface area (Å²) >= 11 is 0. The normalized spacial score (nSPS) is 10.9. The average Bonchev–Trinajstić information content (AvgIpc) is 2.66. The first-order valence-corrected chi connectivity index (χ1v) is 9.11. The second-order valence-corrected chi connectivity index (χ2v) is 7.04. The number of amides is 2. The molecule has 0 saturated heterocycles. The summed E-state index contributed by atoms with van der Waals surface area (Å²) in [7, 11) is -0.841. The Bertz CT molecular complexity index is 1000. The van der Waals surface area contributed by atoms with Crippen LogP contribution < -0.4 is 19.5 Å². The Labute approximate surface area is 161 Å². The van der Waals surface area contributed by atoms with Crippen LogP contribution in [-0.2, 0) is 14.8 Å². The number of primary amides is 1. The van der Waals surface area contributed by atoms with Crippen LogP contribution in [0.15, 0.2) is 29.2 Å². The zero-order valence-corrected chi connectivity index (χ0v) is 16.3. The van der Waals surface area contributed by atoms with Crippen LogP contribution in [0.4, 0.5) is 10.7 Å². The van der Waals surface area contributed by atoms with Crippen LogP contribution >= 0.6 is 0 Å². The van der Waals surface area contributed by atoms with E-state index in [2.05, 4.69) is 14.7 Å². The number of carbonyl (C=O) groups is 2. The Morgan fingerprint density at radius 3 is 2.11 bits per heavy atom. The summed E-state index contributed by atoms with van der Waals surface area (Å²) in [4.78, 5) is 31.3. The Balaban J connectivity index is 2.71. The SMILES string of the molecule is COC(=O)c1cccc(S(=O)(=O)N(C(N)=O)c2nc(OC)cc(OC)n2)c1C. The molecule has 1 heterocycles. The van der Waals surface area contributed by atoms with Crippen molar-refractivity contribution in [1.82, 2.24) is 9.97 Å². The van der Waals surface area contributed by atoms with Gasteiger partial charge in [-0.1, -0.05) is 6.07 Å². The van der Waals surface area contributed by atoms with E-state index in [1.807, 2.05) is 0 Å². The van der Waals surface area contributed by atoms with Gasteiger partial charge in [0.25, 0.3) is 16.0 Å². The number of carbonyl (C=O) groups excluding carboxylic acids is 2. The van der Waals surface area contributed by atoms with Crippen molar-refractivity contribution < 1.29 is 32.2 Å². The minimum atomic E-state index is -4.58. The summed E-state index contributed by atoms with van der Waals surface area (Å²) in [5.41, 5.74) is 5.38. The van der Waals surface area contributed by atoms with Gasteiger partial charge in [0.05, 0.1) is 37.9 Å². The molecule has 28 heavy (non-hydrogen) atoms. The zero-order chi connectivity index (χ0) is 21.1. The van der Waals surface area contributed by atoms with E-state index in [0.29, 0.717) is 0 Å². The molecule has 0 aliphatic rings. The minimum absolute atomic E-state index is 0.0112. The summed E-state index contributed by atoms with van der Waals surface area (Å²) in [6.45, 7) is 1.39. The number of sulfonamides is 1. The first kappa shape index (κ1) is 20.9. The lowest BCUT2D eigenvalue weighted by Crippen LogP contribution is -2.42. The first-order chi connectivity index (χ1) is 13.2. The molecular formula is C16H18N4O7S. The van der Waals surface area contributed by atoms with E-state index in [-0.39, 0.29) is 32.1 Å². The molecule has 0 radical (unpaired) electrons. The highest BCUT2D eigenvalue weighted by Crippen LogP contribution is 2.28. The summed E-state index contributed by atoms with van der Waals surface area (Å²) in [6, 6.07) is 3.86. The van der Waals surface area contributed by atoms with Crippen LogP contribution in [0.3, 0.4) is 0 Å². The number of nitrogens with zero attached hydrogens (tertiary/aromatic N) is 3. The van der Waals surface area contributed by atoms with Crippen molar-refractivity contribution in [2.75, 3.05) is 25.6 Å². The van der Waals surface area contributed by atoms with Gasteiger partial charge in [-0.3, -0.25) is 0 Å². The number of hydrogen-bond acceptors (Lipinski definition) is 9. The number of ether oxygens (including phenoxy) is 3. The molecule has 11 nitrogen and oxygen atoms in total. The van der Waals surface area contributed by atoms with Crippen LogP contribution in [0.25, 0.3) is 0 Å². The molecule has 0 bridgehead atoms. The van der Waals surface area contributed by atoms with Gasteiger partial charge in [0.2, 0.25) is 11.8 Å². The topological polar surface area (TPSA) is 151 Å². The van der Waals surface area contributed by atoms with Gasteiger partial charge in [0.1, 0.15) is 0 Å². The molecule has 1 aromatic carbocycles. The Kier molecular flexibility index (Phi) is 6.03. The average molecular weight is 410 g/mol. The quantitative estimate of drug-likeness (QED) is 0.684. The highest BCUT2D eigenvalue weighted by Gasteiger charge is 2.35. The molecule has 12 heteroatoms. The molecule has 150 valence electrons. The van der Waals surface area contributed by atoms with E-state index in [1.54, 1.807) is 0 Å². The molecule has 0 fully saturated rings.